The van der Waals surface area contributed by atoms with Crippen LogP contribution in [0.1, 0.15) is 17.2 Å². The molecule has 1 aromatic heterocycles. The third kappa shape index (κ3) is 3.11. The van der Waals surface area contributed by atoms with E-state index in [4.69, 9.17) is 0 Å². The van der Waals surface area contributed by atoms with Gasteiger partial charge in [-0.1, -0.05) is 22.0 Å². The zero-order chi connectivity index (χ0) is 12.3. The molecule has 0 radical (unpaired) electrons. The normalized spacial score (nSPS) is 12.4. The van der Waals surface area contributed by atoms with Crippen LogP contribution in [0.15, 0.2) is 47.2 Å². The summed E-state index contributed by atoms with van der Waals surface area (Å²) in [6, 6.07) is 8.28. The Hall–Kier alpha value is -1.26. The minimum absolute atomic E-state index is 0.253. The van der Waals surface area contributed by atoms with E-state index in [2.05, 4.69) is 20.9 Å². The number of rotatable bonds is 3. The highest BCUT2D eigenvalue weighted by molar-refractivity contribution is 9.10. The van der Waals surface area contributed by atoms with Gasteiger partial charge in [0.2, 0.25) is 0 Å². The van der Waals surface area contributed by atoms with E-state index in [1.165, 1.54) is 6.07 Å². The second kappa shape index (κ2) is 5.38. The number of benzene rings is 1. The highest BCUT2D eigenvalue weighted by Gasteiger charge is 2.11. The topological polar surface area (TPSA) is 33.1 Å². The van der Waals surface area contributed by atoms with Gasteiger partial charge in [0.15, 0.2) is 0 Å². The molecule has 0 fully saturated rings. The Bertz CT molecular complexity index is 504. The van der Waals surface area contributed by atoms with Gasteiger partial charge in [-0.3, -0.25) is 4.98 Å². The van der Waals surface area contributed by atoms with Crippen LogP contribution in [-0.4, -0.2) is 10.1 Å². The first-order valence-electron chi connectivity index (χ1n) is 5.19. The van der Waals surface area contributed by atoms with E-state index in [1.807, 2.05) is 0 Å². The molecule has 1 atom stereocenters. The highest BCUT2D eigenvalue weighted by Crippen LogP contribution is 2.21. The molecule has 2 nitrogen and oxygen atoms in total. The predicted octanol–water partition coefficient (Wildman–Crippen LogP) is 3.26. The number of pyridine rings is 1. The summed E-state index contributed by atoms with van der Waals surface area (Å²) in [5.41, 5.74) is 1.24. The predicted molar refractivity (Wildman–Crippen MR) is 67.0 cm³/mol. The standard InChI is InChI=1S/C13H11BrFNO/c14-11-2-1-10(12(15)8-11)7-13(17)9-3-5-16-6-4-9/h1-6,8,13,17H,7H2. The quantitative estimate of drug-likeness (QED) is 0.943. The van der Waals surface area contributed by atoms with Crippen LogP contribution >= 0.6 is 15.9 Å². The molecule has 0 bridgehead atoms. The highest BCUT2D eigenvalue weighted by atomic mass is 79.9. The lowest BCUT2D eigenvalue weighted by atomic mass is 10.0. The van der Waals surface area contributed by atoms with Crippen molar-refractivity contribution in [3.63, 3.8) is 0 Å². The zero-order valence-corrected chi connectivity index (χ0v) is 10.6. The maximum atomic E-state index is 13.6. The molecule has 0 aliphatic rings. The number of hydrogen-bond donors (Lipinski definition) is 1. The average Bonchev–Trinajstić information content (AvgIpc) is 2.34. The van der Waals surface area contributed by atoms with Crippen molar-refractivity contribution in [1.29, 1.82) is 0 Å². The molecule has 17 heavy (non-hydrogen) atoms. The van der Waals surface area contributed by atoms with Crippen LogP contribution in [-0.2, 0) is 6.42 Å². The Morgan fingerprint density at radius 2 is 1.94 bits per heavy atom. The molecule has 0 aliphatic heterocycles. The van der Waals surface area contributed by atoms with E-state index in [1.54, 1.807) is 36.7 Å². The molecule has 4 heteroatoms. The van der Waals surface area contributed by atoms with E-state index in [-0.39, 0.29) is 12.2 Å². The van der Waals surface area contributed by atoms with Gasteiger partial charge < -0.3 is 5.11 Å². The summed E-state index contributed by atoms with van der Waals surface area (Å²) in [7, 11) is 0. The van der Waals surface area contributed by atoms with Gasteiger partial charge in [0, 0.05) is 23.3 Å². The number of hydrogen-bond acceptors (Lipinski definition) is 2. The van der Waals surface area contributed by atoms with Crippen molar-refractivity contribution < 1.29 is 9.50 Å². The fourth-order valence-electron chi connectivity index (χ4n) is 1.60. The largest absolute Gasteiger partial charge is 0.388 e. The molecular formula is C13H11BrFNO. The lowest BCUT2D eigenvalue weighted by molar-refractivity contribution is 0.177. The Morgan fingerprint density at radius 3 is 2.59 bits per heavy atom. The van der Waals surface area contributed by atoms with Crippen LogP contribution in [0.25, 0.3) is 0 Å². The van der Waals surface area contributed by atoms with Crippen molar-refractivity contribution in [3.05, 3.63) is 64.1 Å². The van der Waals surface area contributed by atoms with Gasteiger partial charge in [-0.25, -0.2) is 4.39 Å². The minimum Gasteiger partial charge on any atom is -0.388 e. The Balaban J connectivity index is 2.16. The molecule has 0 saturated heterocycles. The second-order valence-electron chi connectivity index (χ2n) is 3.74. The molecule has 0 amide bonds. The smallest absolute Gasteiger partial charge is 0.127 e. The van der Waals surface area contributed by atoms with Crippen molar-refractivity contribution in [3.8, 4) is 0 Å². The maximum Gasteiger partial charge on any atom is 0.127 e. The van der Waals surface area contributed by atoms with E-state index in [0.717, 1.165) is 5.56 Å². The van der Waals surface area contributed by atoms with Crippen LogP contribution in [0.4, 0.5) is 4.39 Å². The molecule has 1 aromatic carbocycles. The van der Waals surface area contributed by atoms with Crippen LogP contribution in [0.3, 0.4) is 0 Å². The maximum absolute atomic E-state index is 13.6. The number of aromatic nitrogens is 1. The second-order valence-corrected chi connectivity index (χ2v) is 4.65. The Labute approximate surface area is 107 Å². The van der Waals surface area contributed by atoms with Gasteiger partial charge in [-0.2, -0.15) is 0 Å². The number of aliphatic hydroxyl groups excluding tert-OH is 1. The summed E-state index contributed by atoms with van der Waals surface area (Å²) >= 11 is 3.20. The van der Waals surface area contributed by atoms with Gasteiger partial charge in [0.25, 0.3) is 0 Å². The van der Waals surface area contributed by atoms with Crippen molar-refractivity contribution >= 4 is 15.9 Å². The molecule has 2 aromatic rings. The molecule has 0 spiro atoms. The summed E-state index contributed by atoms with van der Waals surface area (Å²) in [6.45, 7) is 0. The Morgan fingerprint density at radius 1 is 1.24 bits per heavy atom. The van der Waals surface area contributed by atoms with Gasteiger partial charge in [-0.15, -0.1) is 0 Å². The van der Waals surface area contributed by atoms with Crippen molar-refractivity contribution in [1.82, 2.24) is 4.98 Å². The van der Waals surface area contributed by atoms with E-state index in [0.29, 0.717) is 10.0 Å². The molecule has 1 unspecified atom stereocenters. The van der Waals surface area contributed by atoms with E-state index >= 15 is 0 Å². The summed E-state index contributed by atoms with van der Waals surface area (Å²) in [4.78, 5) is 3.87. The lowest BCUT2D eigenvalue weighted by Gasteiger charge is -2.11. The molecule has 1 N–H and O–H groups in total. The fourth-order valence-corrected chi connectivity index (χ4v) is 1.93. The van der Waals surface area contributed by atoms with Crippen molar-refractivity contribution in [2.75, 3.05) is 0 Å². The third-order valence-electron chi connectivity index (χ3n) is 2.52. The molecule has 88 valence electrons. The van der Waals surface area contributed by atoms with Gasteiger partial charge in [0.05, 0.1) is 6.10 Å². The number of nitrogens with zero attached hydrogens (tertiary/aromatic N) is 1. The van der Waals surface area contributed by atoms with Crippen LogP contribution < -0.4 is 0 Å². The summed E-state index contributed by atoms with van der Waals surface area (Å²) in [6.07, 6.45) is 2.75. The van der Waals surface area contributed by atoms with Gasteiger partial charge in [-0.05, 0) is 35.4 Å². The summed E-state index contributed by atoms with van der Waals surface area (Å²) < 4.78 is 14.3. The average molecular weight is 296 g/mol. The lowest BCUT2D eigenvalue weighted by Crippen LogP contribution is -2.03. The van der Waals surface area contributed by atoms with Crippen LogP contribution in [0, 0.1) is 5.82 Å². The molecule has 2 rings (SSSR count). The third-order valence-corrected chi connectivity index (χ3v) is 3.01. The van der Waals surface area contributed by atoms with Gasteiger partial charge >= 0.3 is 0 Å². The fraction of sp³-hybridized carbons (Fsp3) is 0.154. The first-order valence-corrected chi connectivity index (χ1v) is 5.98. The van der Waals surface area contributed by atoms with Crippen molar-refractivity contribution in [2.45, 2.75) is 12.5 Å². The number of halogens is 2. The molecule has 1 heterocycles. The minimum atomic E-state index is -0.714. The molecule has 0 saturated carbocycles. The zero-order valence-electron chi connectivity index (χ0n) is 8.98. The van der Waals surface area contributed by atoms with E-state index < -0.39 is 6.10 Å². The van der Waals surface area contributed by atoms with Crippen molar-refractivity contribution in [2.24, 2.45) is 0 Å². The first-order chi connectivity index (χ1) is 8.16. The summed E-state index contributed by atoms with van der Waals surface area (Å²) in [5, 5.41) is 9.96. The van der Waals surface area contributed by atoms with Crippen LogP contribution in [0.5, 0.6) is 0 Å². The first kappa shape index (κ1) is 12.2. The SMILES string of the molecule is OC(Cc1ccc(Br)cc1F)c1ccncc1. The number of aliphatic hydroxyl groups is 1. The molecule has 0 aliphatic carbocycles. The molecular weight excluding hydrogens is 285 g/mol. The van der Waals surface area contributed by atoms with Crippen LogP contribution in [0.2, 0.25) is 0 Å². The summed E-state index contributed by atoms with van der Waals surface area (Å²) in [5.74, 6) is -0.313. The van der Waals surface area contributed by atoms with E-state index in [9.17, 15) is 9.50 Å². The Kier molecular flexibility index (Phi) is 3.86. The monoisotopic (exact) mass is 295 g/mol. The van der Waals surface area contributed by atoms with Gasteiger partial charge in [0.1, 0.15) is 5.82 Å².